The molecule has 0 amide bonds. The highest BCUT2D eigenvalue weighted by molar-refractivity contribution is 7.13. The minimum atomic E-state index is -0.906. The Balaban J connectivity index is 1.70. The molecular formula is C21H21NO5S. The number of benzene rings is 2. The number of thiazole rings is 1. The van der Waals surface area contributed by atoms with E-state index in [9.17, 15) is 4.79 Å². The third-order valence-electron chi connectivity index (χ3n) is 3.90. The second-order valence-corrected chi connectivity index (χ2v) is 6.95. The average molecular weight is 399 g/mol. The van der Waals surface area contributed by atoms with E-state index in [1.807, 2.05) is 43.3 Å². The normalized spacial score (nSPS) is 10.5. The first kappa shape index (κ1) is 19.7. The van der Waals surface area contributed by atoms with Crippen LogP contribution < -0.4 is 14.2 Å². The molecular weight excluding hydrogens is 378 g/mol. The average Bonchev–Trinajstić information content (AvgIpc) is 3.12. The fourth-order valence-corrected chi connectivity index (χ4v) is 3.46. The summed E-state index contributed by atoms with van der Waals surface area (Å²) in [5, 5.41) is 11.4. The fourth-order valence-electron chi connectivity index (χ4n) is 2.61. The van der Waals surface area contributed by atoms with Gasteiger partial charge in [0.2, 0.25) is 0 Å². The molecule has 0 aliphatic heterocycles. The summed E-state index contributed by atoms with van der Waals surface area (Å²) in [6.07, 6.45) is -0.104. The van der Waals surface area contributed by atoms with Gasteiger partial charge in [-0.2, -0.15) is 0 Å². The number of rotatable bonds is 9. The van der Waals surface area contributed by atoms with E-state index >= 15 is 0 Å². The maximum absolute atomic E-state index is 10.9. The Bertz CT molecular complexity index is 953. The van der Waals surface area contributed by atoms with E-state index in [0.717, 1.165) is 16.9 Å². The van der Waals surface area contributed by atoms with Crippen LogP contribution in [-0.4, -0.2) is 36.4 Å². The maximum Gasteiger partial charge on any atom is 0.309 e. The molecule has 3 aromatic rings. The first-order valence-electron chi connectivity index (χ1n) is 8.72. The Kier molecular flexibility index (Phi) is 6.49. The van der Waals surface area contributed by atoms with Crippen molar-refractivity contribution in [2.45, 2.75) is 13.3 Å². The zero-order valence-electron chi connectivity index (χ0n) is 15.7. The summed E-state index contributed by atoms with van der Waals surface area (Å²) >= 11 is 1.38. The molecule has 28 heavy (non-hydrogen) atoms. The van der Waals surface area contributed by atoms with E-state index in [0.29, 0.717) is 35.4 Å². The van der Waals surface area contributed by atoms with Crippen LogP contribution in [0.3, 0.4) is 0 Å². The summed E-state index contributed by atoms with van der Waals surface area (Å²) in [7, 11) is 1.59. The number of methoxy groups -OCH3 is 1. The van der Waals surface area contributed by atoms with Crippen LogP contribution in [0.2, 0.25) is 0 Å². The number of carboxylic acid groups (broad SMARTS) is 1. The minimum absolute atomic E-state index is 0.104. The lowest BCUT2D eigenvalue weighted by Gasteiger charge is -2.12. The zero-order chi connectivity index (χ0) is 19.9. The van der Waals surface area contributed by atoms with Crippen LogP contribution in [0.15, 0.2) is 47.8 Å². The molecule has 6 nitrogen and oxygen atoms in total. The smallest absolute Gasteiger partial charge is 0.309 e. The Morgan fingerprint density at radius 3 is 2.68 bits per heavy atom. The number of hydrogen-bond acceptors (Lipinski definition) is 6. The molecule has 0 radical (unpaired) electrons. The Morgan fingerprint density at radius 1 is 1.11 bits per heavy atom. The molecule has 0 bridgehead atoms. The minimum Gasteiger partial charge on any atom is -0.497 e. The molecule has 0 aliphatic rings. The van der Waals surface area contributed by atoms with Gasteiger partial charge in [-0.15, -0.1) is 11.3 Å². The Labute approximate surface area is 167 Å². The summed E-state index contributed by atoms with van der Waals surface area (Å²) in [6, 6.07) is 13.3. The topological polar surface area (TPSA) is 77.9 Å². The van der Waals surface area contributed by atoms with Gasteiger partial charge in [0.15, 0.2) is 0 Å². The van der Waals surface area contributed by atoms with E-state index < -0.39 is 5.97 Å². The number of hydrogen-bond donors (Lipinski definition) is 1. The molecule has 0 fully saturated rings. The highest BCUT2D eigenvalue weighted by Crippen LogP contribution is 2.35. The standard InChI is InChI=1S/C21H21NO5S/c1-14-4-3-5-17(10-14)26-8-9-27-19-12-16(25-2)6-7-18(19)21-22-15(13-28-21)11-20(23)24/h3-7,10,12-13H,8-9,11H2,1-2H3,(H,23,24). The van der Waals surface area contributed by atoms with E-state index in [1.54, 1.807) is 18.6 Å². The van der Waals surface area contributed by atoms with Crippen LogP contribution in [0.5, 0.6) is 17.2 Å². The first-order chi connectivity index (χ1) is 13.5. The highest BCUT2D eigenvalue weighted by atomic mass is 32.1. The van der Waals surface area contributed by atoms with Crippen LogP contribution in [0, 0.1) is 6.92 Å². The number of aryl methyl sites for hydroxylation is 1. The molecule has 0 aliphatic carbocycles. The Morgan fingerprint density at radius 2 is 1.93 bits per heavy atom. The molecule has 1 N–H and O–H groups in total. The molecule has 0 atom stereocenters. The fraction of sp³-hybridized carbons (Fsp3) is 0.238. The quantitative estimate of drug-likeness (QED) is 0.543. The summed E-state index contributed by atoms with van der Waals surface area (Å²) in [5.74, 6) is 1.17. The molecule has 0 spiro atoms. The molecule has 1 heterocycles. The second-order valence-electron chi connectivity index (χ2n) is 6.09. The van der Waals surface area contributed by atoms with Crippen molar-refractivity contribution >= 4 is 17.3 Å². The van der Waals surface area contributed by atoms with Crippen molar-refractivity contribution in [2.75, 3.05) is 20.3 Å². The molecule has 146 valence electrons. The third kappa shape index (κ3) is 5.23. The lowest BCUT2D eigenvalue weighted by Crippen LogP contribution is -2.09. The van der Waals surface area contributed by atoms with Crippen molar-refractivity contribution in [1.29, 1.82) is 0 Å². The van der Waals surface area contributed by atoms with Gasteiger partial charge < -0.3 is 19.3 Å². The second kappa shape index (κ2) is 9.23. The lowest BCUT2D eigenvalue weighted by molar-refractivity contribution is -0.136. The molecule has 0 saturated carbocycles. The van der Waals surface area contributed by atoms with Crippen LogP contribution in [0.4, 0.5) is 0 Å². The van der Waals surface area contributed by atoms with Crippen LogP contribution in [-0.2, 0) is 11.2 Å². The molecule has 3 rings (SSSR count). The molecule has 7 heteroatoms. The van der Waals surface area contributed by atoms with Crippen molar-refractivity contribution in [3.63, 3.8) is 0 Å². The lowest BCUT2D eigenvalue weighted by atomic mass is 10.2. The van der Waals surface area contributed by atoms with Gasteiger partial charge in [-0.3, -0.25) is 4.79 Å². The molecule has 2 aromatic carbocycles. The van der Waals surface area contributed by atoms with Crippen molar-refractivity contribution in [2.24, 2.45) is 0 Å². The van der Waals surface area contributed by atoms with Gasteiger partial charge in [0.25, 0.3) is 0 Å². The van der Waals surface area contributed by atoms with Gasteiger partial charge in [0.05, 0.1) is 24.8 Å². The highest BCUT2D eigenvalue weighted by Gasteiger charge is 2.14. The SMILES string of the molecule is COc1ccc(-c2nc(CC(=O)O)cs2)c(OCCOc2cccc(C)c2)c1. The molecule has 1 aromatic heterocycles. The first-order valence-corrected chi connectivity index (χ1v) is 9.60. The van der Waals surface area contributed by atoms with Gasteiger partial charge in [0, 0.05) is 11.4 Å². The van der Waals surface area contributed by atoms with E-state index in [1.165, 1.54) is 11.3 Å². The van der Waals surface area contributed by atoms with Gasteiger partial charge >= 0.3 is 5.97 Å². The number of carboxylic acids is 1. The van der Waals surface area contributed by atoms with Gasteiger partial charge in [-0.1, -0.05) is 12.1 Å². The monoisotopic (exact) mass is 399 g/mol. The third-order valence-corrected chi connectivity index (χ3v) is 4.83. The van der Waals surface area contributed by atoms with Crippen molar-refractivity contribution in [1.82, 2.24) is 4.98 Å². The molecule has 0 saturated heterocycles. The largest absolute Gasteiger partial charge is 0.497 e. The summed E-state index contributed by atoms with van der Waals surface area (Å²) in [5.41, 5.74) is 2.45. The predicted octanol–water partition coefficient (Wildman–Crippen LogP) is 4.21. The number of carbonyl (C=O) groups is 1. The van der Waals surface area contributed by atoms with E-state index in [-0.39, 0.29) is 6.42 Å². The number of aromatic nitrogens is 1. The van der Waals surface area contributed by atoms with Crippen molar-refractivity contribution < 1.29 is 24.1 Å². The Hall–Kier alpha value is -3.06. The van der Waals surface area contributed by atoms with Crippen molar-refractivity contribution in [3.8, 4) is 27.8 Å². The van der Waals surface area contributed by atoms with E-state index in [4.69, 9.17) is 19.3 Å². The van der Waals surface area contributed by atoms with Crippen molar-refractivity contribution in [3.05, 3.63) is 59.1 Å². The molecule has 0 unspecified atom stereocenters. The van der Waals surface area contributed by atoms with Crippen LogP contribution in [0.25, 0.3) is 10.6 Å². The maximum atomic E-state index is 10.9. The van der Waals surface area contributed by atoms with E-state index in [2.05, 4.69) is 4.98 Å². The zero-order valence-corrected chi connectivity index (χ0v) is 16.5. The number of ether oxygens (including phenoxy) is 3. The number of nitrogens with zero attached hydrogens (tertiary/aromatic N) is 1. The predicted molar refractivity (Wildman–Crippen MR) is 108 cm³/mol. The van der Waals surface area contributed by atoms with Gasteiger partial charge in [-0.05, 0) is 36.8 Å². The van der Waals surface area contributed by atoms with Crippen LogP contribution in [0.1, 0.15) is 11.3 Å². The summed E-state index contributed by atoms with van der Waals surface area (Å²) < 4.78 is 16.9. The van der Waals surface area contributed by atoms with Crippen LogP contribution >= 0.6 is 11.3 Å². The summed E-state index contributed by atoms with van der Waals surface area (Å²) in [4.78, 5) is 15.3. The van der Waals surface area contributed by atoms with Gasteiger partial charge in [-0.25, -0.2) is 4.98 Å². The summed E-state index contributed by atoms with van der Waals surface area (Å²) in [6.45, 7) is 2.75. The van der Waals surface area contributed by atoms with Gasteiger partial charge in [0.1, 0.15) is 35.5 Å². The number of aliphatic carboxylic acids is 1.